The zero-order valence-corrected chi connectivity index (χ0v) is 16.4. The summed E-state index contributed by atoms with van der Waals surface area (Å²) in [6.07, 6.45) is 8.45. The quantitative estimate of drug-likeness (QED) is 0.559. The molecule has 0 aliphatic carbocycles. The Balaban J connectivity index is 1.57. The van der Waals surface area contributed by atoms with Crippen molar-refractivity contribution in [3.63, 3.8) is 0 Å². The van der Waals surface area contributed by atoms with E-state index in [1.807, 2.05) is 31.2 Å². The fourth-order valence-corrected chi connectivity index (χ4v) is 3.64. The number of nitrogens with zero attached hydrogens (tertiary/aromatic N) is 7. The van der Waals surface area contributed by atoms with Crippen molar-refractivity contribution in [3.8, 4) is 17.2 Å². The van der Waals surface area contributed by atoms with Crippen molar-refractivity contribution in [2.24, 2.45) is 5.73 Å². The molecule has 1 aliphatic heterocycles. The number of piperidine rings is 1. The van der Waals surface area contributed by atoms with E-state index in [1.165, 1.54) is 0 Å². The summed E-state index contributed by atoms with van der Waals surface area (Å²) in [5, 5.41) is 5.37. The molecule has 30 heavy (non-hydrogen) atoms. The van der Waals surface area contributed by atoms with Crippen molar-refractivity contribution in [2.75, 3.05) is 11.4 Å². The van der Waals surface area contributed by atoms with Crippen molar-refractivity contribution >= 4 is 22.6 Å². The lowest BCUT2D eigenvalue weighted by molar-refractivity contribution is -0.120. The van der Waals surface area contributed by atoms with E-state index in [9.17, 15) is 4.79 Å². The van der Waals surface area contributed by atoms with Gasteiger partial charge in [-0.1, -0.05) is 6.07 Å². The number of rotatable bonds is 3. The van der Waals surface area contributed by atoms with Gasteiger partial charge in [-0.15, -0.1) is 0 Å². The minimum absolute atomic E-state index is 0.0965. The molecule has 1 fully saturated rings. The second kappa shape index (κ2) is 7.27. The molecule has 4 aromatic heterocycles. The zero-order valence-electron chi connectivity index (χ0n) is 16.4. The number of pyridine rings is 2. The largest absolute Gasteiger partial charge is 0.320 e. The summed E-state index contributed by atoms with van der Waals surface area (Å²) in [4.78, 5) is 32.0. The number of hydrogen-bond donors (Lipinski definition) is 1. The molecule has 1 saturated heterocycles. The van der Waals surface area contributed by atoms with E-state index in [0.29, 0.717) is 36.0 Å². The van der Waals surface area contributed by atoms with Gasteiger partial charge in [0.2, 0.25) is 5.91 Å². The molecule has 5 heterocycles. The highest BCUT2D eigenvalue weighted by molar-refractivity contribution is 5.97. The number of aromatic nitrogens is 6. The second-order valence-electron chi connectivity index (χ2n) is 7.32. The third kappa shape index (κ3) is 3.18. The molecule has 1 atom stereocenters. The van der Waals surface area contributed by atoms with Gasteiger partial charge in [0.15, 0.2) is 5.82 Å². The first-order valence-electron chi connectivity index (χ1n) is 9.77. The Morgan fingerprint density at radius 2 is 1.93 bits per heavy atom. The number of amides is 1. The lowest BCUT2D eigenvalue weighted by atomic mass is 10.1. The van der Waals surface area contributed by atoms with E-state index in [-0.39, 0.29) is 5.91 Å². The maximum atomic E-state index is 12.5. The van der Waals surface area contributed by atoms with Gasteiger partial charge in [0, 0.05) is 24.3 Å². The number of fused-ring (bicyclic) bond motifs is 1. The van der Waals surface area contributed by atoms with Crippen LogP contribution in [0, 0.1) is 6.92 Å². The van der Waals surface area contributed by atoms with Crippen molar-refractivity contribution in [1.82, 2.24) is 29.7 Å². The summed E-state index contributed by atoms with van der Waals surface area (Å²) in [7, 11) is 0. The van der Waals surface area contributed by atoms with Gasteiger partial charge in [0.05, 0.1) is 35.3 Å². The zero-order chi connectivity index (χ0) is 20.7. The molecular formula is C21H20N8O. The summed E-state index contributed by atoms with van der Waals surface area (Å²) in [6.45, 7) is 2.51. The monoisotopic (exact) mass is 400 g/mol. The van der Waals surface area contributed by atoms with E-state index in [2.05, 4.69) is 20.1 Å². The van der Waals surface area contributed by atoms with Crippen molar-refractivity contribution in [1.29, 1.82) is 0 Å². The van der Waals surface area contributed by atoms with Gasteiger partial charge in [-0.3, -0.25) is 19.7 Å². The number of anilines is 1. The smallest absolute Gasteiger partial charge is 0.245 e. The molecule has 1 amide bonds. The Labute approximate surface area is 172 Å². The van der Waals surface area contributed by atoms with E-state index < -0.39 is 6.04 Å². The molecular weight excluding hydrogens is 380 g/mol. The van der Waals surface area contributed by atoms with Crippen LogP contribution in [0.25, 0.3) is 28.1 Å². The molecule has 4 aromatic rings. The standard InChI is InChI=1S/C21H20N8O/c1-13-9-23-12-17(26-13)16-8-18-14(10-24-16)11-25-29(18)20-6-2-5-19(27-20)28-7-3-4-15(22)21(28)30/h2,5-6,8-12,15H,3-4,7,22H2,1H3. The van der Waals surface area contributed by atoms with Crippen LogP contribution in [0.2, 0.25) is 0 Å². The van der Waals surface area contributed by atoms with E-state index in [4.69, 9.17) is 10.7 Å². The van der Waals surface area contributed by atoms with Crippen molar-refractivity contribution in [2.45, 2.75) is 25.8 Å². The third-order valence-corrected chi connectivity index (χ3v) is 5.16. The molecule has 0 spiro atoms. The van der Waals surface area contributed by atoms with E-state index in [0.717, 1.165) is 23.0 Å². The van der Waals surface area contributed by atoms with Crippen LogP contribution in [0.4, 0.5) is 5.82 Å². The Bertz CT molecular complexity index is 1250. The summed E-state index contributed by atoms with van der Waals surface area (Å²) in [5.74, 6) is 1.10. The van der Waals surface area contributed by atoms with Gasteiger partial charge in [0.25, 0.3) is 0 Å². The fraction of sp³-hybridized carbons (Fsp3) is 0.238. The lowest BCUT2D eigenvalue weighted by Crippen LogP contribution is -2.48. The number of carbonyl (C=O) groups excluding carboxylic acids is 1. The number of hydrogen-bond acceptors (Lipinski definition) is 7. The first-order valence-corrected chi connectivity index (χ1v) is 9.77. The maximum Gasteiger partial charge on any atom is 0.245 e. The lowest BCUT2D eigenvalue weighted by Gasteiger charge is -2.29. The molecule has 0 saturated carbocycles. The predicted octanol–water partition coefficient (Wildman–Crippen LogP) is 2.04. The highest BCUT2D eigenvalue weighted by Crippen LogP contribution is 2.24. The normalized spacial score (nSPS) is 16.9. The Hall–Kier alpha value is -3.72. The maximum absolute atomic E-state index is 12.5. The SMILES string of the molecule is Cc1cncc(-c2cc3c(cn2)cnn3-c2cccc(N3CCCC(N)C3=O)n2)n1. The van der Waals surface area contributed by atoms with Gasteiger partial charge in [-0.2, -0.15) is 5.10 Å². The first kappa shape index (κ1) is 18.3. The van der Waals surface area contributed by atoms with Crippen molar-refractivity contribution in [3.05, 3.63) is 54.7 Å². The van der Waals surface area contributed by atoms with Gasteiger partial charge < -0.3 is 5.73 Å². The topological polar surface area (TPSA) is 116 Å². The second-order valence-corrected chi connectivity index (χ2v) is 7.32. The molecule has 0 bridgehead atoms. The fourth-order valence-electron chi connectivity index (χ4n) is 3.64. The van der Waals surface area contributed by atoms with Gasteiger partial charge >= 0.3 is 0 Å². The first-order chi connectivity index (χ1) is 14.6. The molecule has 9 heteroatoms. The molecule has 1 unspecified atom stereocenters. The molecule has 5 rings (SSSR count). The van der Waals surface area contributed by atoms with Crippen LogP contribution in [0.15, 0.2) is 49.1 Å². The summed E-state index contributed by atoms with van der Waals surface area (Å²) >= 11 is 0. The molecule has 9 nitrogen and oxygen atoms in total. The third-order valence-electron chi connectivity index (χ3n) is 5.16. The molecule has 150 valence electrons. The van der Waals surface area contributed by atoms with E-state index >= 15 is 0 Å². The van der Waals surface area contributed by atoms with Crippen LogP contribution in [0.1, 0.15) is 18.5 Å². The Kier molecular flexibility index (Phi) is 4.44. The van der Waals surface area contributed by atoms with Gasteiger partial charge in [-0.25, -0.2) is 14.6 Å². The van der Waals surface area contributed by atoms with Gasteiger partial charge in [0.1, 0.15) is 11.5 Å². The summed E-state index contributed by atoms with van der Waals surface area (Å²) in [5.41, 5.74) is 9.00. The average molecular weight is 400 g/mol. The number of carbonyl (C=O) groups is 1. The van der Waals surface area contributed by atoms with Crippen LogP contribution in [0.3, 0.4) is 0 Å². The van der Waals surface area contributed by atoms with Gasteiger partial charge in [-0.05, 0) is 38.0 Å². The highest BCUT2D eigenvalue weighted by atomic mass is 16.2. The van der Waals surface area contributed by atoms with Crippen LogP contribution in [-0.2, 0) is 4.79 Å². The summed E-state index contributed by atoms with van der Waals surface area (Å²) in [6, 6.07) is 6.99. The summed E-state index contributed by atoms with van der Waals surface area (Å²) < 4.78 is 1.74. The number of aryl methyl sites for hydroxylation is 1. The van der Waals surface area contributed by atoms with Crippen LogP contribution in [-0.4, -0.2) is 48.2 Å². The molecule has 1 aliphatic rings. The van der Waals surface area contributed by atoms with Crippen LogP contribution < -0.4 is 10.6 Å². The molecule has 2 N–H and O–H groups in total. The Morgan fingerprint density at radius 3 is 2.80 bits per heavy atom. The highest BCUT2D eigenvalue weighted by Gasteiger charge is 2.27. The van der Waals surface area contributed by atoms with E-state index in [1.54, 1.807) is 34.4 Å². The average Bonchev–Trinajstić information content (AvgIpc) is 3.19. The van der Waals surface area contributed by atoms with Crippen LogP contribution >= 0.6 is 0 Å². The number of nitrogens with two attached hydrogens (primary N) is 1. The Morgan fingerprint density at radius 1 is 1.07 bits per heavy atom. The molecule has 0 aromatic carbocycles. The van der Waals surface area contributed by atoms with Crippen LogP contribution in [0.5, 0.6) is 0 Å². The minimum Gasteiger partial charge on any atom is -0.320 e. The molecule has 0 radical (unpaired) electrons. The minimum atomic E-state index is -0.473. The van der Waals surface area contributed by atoms with Crippen molar-refractivity contribution < 1.29 is 4.79 Å². The predicted molar refractivity (Wildman–Crippen MR) is 112 cm³/mol.